The van der Waals surface area contributed by atoms with E-state index in [-0.39, 0.29) is 28.8 Å². The van der Waals surface area contributed by atoms with Crippen LogP contribution in [0.3, 0.4) is 0 Å². The molecule has 40 heavy (non-hydrogen) atoms. The first kappa shape index (κ1) is 27.4. The molecule has 1 aromatic heterocycles. The number of rotatable bonds is 7. The van der Waals surface area contributed by atoms with Gasteiger partial charge in [-0.15, -0.1) is 0 Å². The average molecular weight is 541 g/mol. The molecule has 0 spiro atoms. The smallest absolute Gasteiger partial charge is 0.241 e. The fourth-order valence-corrected chi connectivity index (χ4v) is 4.85. The molecule has 0 atom stereocenters. The van der Waals surface area contributed by atoms with Crippen LogP contribution in [0, 0.1) is 11.7 Å². The van der Waals surface area contributed by atoms with E-state index < -0.39 is 0 Å². The molecule has 1 saturated heterocycles. The zero-order valence-corrected chi connectivity index (χ0v) is 23.0. The number of piperidine rings is 1. The van der Waals surface area contributed by atoms with Crippen molar-refractivity contribution in [1.29, 1.82) is 0 Å². The van der Waals surface area contributed by atoms with Crippen molar-refractivity contribution in [3.8, 4) is 11.4 Å². The second-order valence-corrected chi connectivity index (χ2v) is 11.3. The summed E-state index contributed by atoms with van der Waals surface area (Å²) in [5.41, 5.74) is 3.65. The molecule has 1 aliphatic heterocycles. The van der Waals surface area contributed by atoms with E-state index in [1.807, 2.05) is 24.3 Å². The Bertz CT molecular complexity index is 1480. The Hall–Kier alpha value is -4.17. The number of nitrogens with one attached hydrogen (secondary N) is 1. The monoisotopic (exact) mass is 540 g/mol. The molecule has 4 aromatic rings. The number of nitrogens with zero attached hydrogens (tertiary/aromatic N) is 3. The number of carbonyl (C=O) groups is 2. The van der Waals surface area contributed by atoms with Gasteiger partial charge in [0.25, 0.3) is 0 Å². The average Bonchev–Trinajstić information content (AvgIpc) is 3.41. The first-order valence-corrected chi connectivity index (χ1v) is 13.5. The minimum Gasteiger partial charge on any atom is -0.338 e. The van der Waals surface area contributed by atoms with Crippen molar-refractivity contribution in [2.24, 2.45) is 5.92 Å². The van der Waals surface area contributed by atoms with E-state index in [1.54, 1.807) is 36.4 Å². The van der Waals surface area contributed by atoms with E-state index in [4.69, 9.17) is 4.52 Å². The minimum atomic E-state index is -0.317. The van der Waals surface area contributed by atoms with Crippen LogP contribution in [0.25, 0.3) is 11.4 Å². The second kappa shape index (κ2) is 11.5. The third-order valence-electron chi connectivity index (χ3n) is 7.29. The molecule has 7 nitrogen and oxygen atoms in total. The van der Waals surface area contributed by atoms with Crippen LogP contribution in [-0.2, 0) is 16.8 Å². The SMILES string of the molecule is CC(C)(C)c1ccc(C(=O)c2cccc(NC(=O)C3CCN(Cc4nc(-c5ccc(F)cc5)no4)CC3)c2)cc1. The summed E-state index contributed by atoms with van der Waals surface area (Å²) in [7, 11) is 0. The summed E-state index contributed by atoms with van der Waals surface area (Å²) in [6.45, 7) is 8.34. The second-order valence-electron chi connectivity index (χ2n) is 11.3. The maximum Gasteiger partial charge on any atom is 0.241 e. The van der Waals surface area contributed by atoms with Crippen molar-refractivity contribution < 1.29 is 18.5 Å². The molecule has 1 N–H and O–H groups in total. The number of hydrogen-bond donors (Lipinski definition) is 1. The number of benzene rings is 3. The van der Waals surface area contributed by atoms with Crippen LogP contribution in [0.4, 0.5) is 10.1 Å². The van der Waals surface area contributed by atoms with Crippen molar-refractivity contribution in [2.45, 2.75) is 45.6 Å². The van der Waals surface area contributed by atoms with Crippen molar-refractivity contribution >= 4 is 17.4 Å². The number of anilines is 1. The van der Waals surface area contributed by atoms with Crippen LogP contribution in [0.5, 0.6) is 0 Å². The van der Waals surface area contributed by atoms with Crippen molar-refractivity contribution in [3.63, 3.8) is 0 Å². The highest BCUT2D eigenvalue weighted by molar-refractivity contribution is 6.09. The fourth-order valence-electron chi connectivity index (χ4n) is 4.85. The van der Waals surface area contributed by atoms with Crippen LogP contribution < -0.4 is 5.32 Å². The molecule has 3 aromatic carbocycles. The van der Waals surface area contributed by atoms with Crippen LogP contribution >= 0.6 is 0 Å². The fraction of sp³-hybridized carbons (Fsp3) is 0.312. The van der Waals surface area contributed by atoms with Crippen molar-refractivity contribution in [3.05, 3.63) is 101 Å². The number of aromatic nitrogens is 2. The standard InChI is InChI=1S/C32H33FN4O3/c1-32(2,3)25-11-7-21(8-12-25)29(38)24-5-4-6-27(19-24)34-31(39)23-15-17-37(18-16-23)20-28-35-30(36-40-28)22-9-13-26(33)14-10-22/h4-14,19,23H,15-18,20H2,1-3H3,(H,34,39). The Labute approximate surface area is 233 Å². The Balaban J connectivity index is 1.14. The van der Waals surface area contributed by atoms with Gasteiger partial charge in [0.1, 0.15) is 5.82 Å². The first-order chi connectivity index (χ1) is 19.2. The van der Waals surface area contributed by atoms with Gasteiger partial charge in [-0.3, -0.25) is 14.5 Å². The lowest BCUT2D eigenvalue weighted by atomic mass is 9.86. The minimum absolute atomic E-state index is 0.0174. The van der Waals surface area contributed by atoms with E-state index in [9.17, 15) is 14.0 Å². The predicted octanol–water partition coefficient (Wildman–Crippen LogP) is 6.25. The van der Waals surface area contributed by atoms with Gasteiger partial charge in [0.2, 0.25) is 17.6 Å². The van der Waals surface area contributed by atoms with Crippen molar-refractivity contribution in [2.75, 3.05) is 18.4 Å². The first-order valence-electron chi connectivity index (χ1n) is 13.5. The van der Waals surface area contributed by atoms with E-state index in [0.717, 1.165) is 13.1 Å². The highest BCUT2D eigenvalue weighted by Gasteiger charge is 2.26. The molecule has 0 saturated carbocycles. The lowest BCUT2D eigenvalue weighted by Crippen LogP contribution is -2.37. The molecule has 1 aliphatic rings. The highest BCUT2D eigenvalue weighted by atomic mass is 19.1. The zero-order valence-electron chi connectivity index (χ0n) is 23.0. The molecule has 0 aliphatic carbocycles. The summed E-state index contributed by atoms with van der Waals surface area (Å²) < 4.78 is 18.6. The summed E-state index contributed by atoms with van der Waals surface area (Å²) in [6, 6.07) is 20.8. The Morgan fingerprint density at radius 1 is 0.975 bits per heavy atom. The molecular formula is C32H33FN4O3. The van der Waals surface area contributed by atoms with Gasteiger partial charge in [-0.2, -0.15) is 4.98 Å². The van der Waals surface area contributed by atoms with Crippen LogP contribution in [0.15, 0.2) is 77.3 Å². The van der Waals surface area contributed by atoms with E-state index in [1.165, 1.54) is 17.7 Å². The summed E-state index contributed by atoms with van der Waals surface area (Å²) in [6.07, 6.45) is 1.40. The Morgan fingerprint density at radius 2 is 1.68 bits per heavy atom. The summed E-state index contributed by atoms with van der Waals surface area (Å²) in [5.74, 6) is 0.341. The number of halogens is 1. The maximum atomic E-state index is 13.2. The van der Waals surface area contributed by atoms with Gasteiger partial charge in [-0.1, -0.05) is 62.3 Å². The number of amides is 1. The van der Waals surface area contributed by atoms with Gasteiger partial charge >= 0.3 is 0 Å². The van der Waals surface area contributed by atoms with Crippen LogP contribution in [0.1, 0.15) is 61.0 Å². The largest absolute Gasteiger partial charge is 0.338 e. The zero-order chi connectivity index (χ0) is 28.3. The van der Waals surface area contributed by atoms with Gasteiger partial charge in [-0.25, -0.2) is 4.39 Å². The van der Waals surface area contributed by atoms with Crippen molar-refractivity contribution in [1.82, 2.24) is 15.0 Å². The van der Waals surface area contributed by atoms with Gasteiger partial charge in [0.05, 0.1) is 6.54 Å². The summed E-state index contributed by atoms with van der Waals surface area (Å²) in [4.78, 5) is 32.7. The highest BCUT2D eigenvalue weighted by Crippen LogP contribution is 2.25. The van der Waals surface area contributed by atoms with Crippen LogP contribution in [0.2, 0.25) is 0 Å². The normalized spacial score (nSPS) is 14.7. The lowest BCUT2D eigenvalue weighted by Gasteiger charge is -2.30. The molecule has 2 heterocycles. The summed E-state index contributed by atoms with van der Waals surface area (Å²) >= 11 is 0. The third kappa shape index (κ3) is 6.51. The van der Waals surface area contributed by atoms with E-state index in [2.05, 4.69) is 41.1 Å². The number of hydrogen-bond acceptors (Lipinski definition) is 6. The third-order valence-corrected chi connectivity index (χ3v) is 7.29. The van der Waals surface area contributed by atoms with E-state index >= 15 is 0 Å². The van der Waals surface area contributed by atoms with Gasteiger partial charge in [0, 0.05) is 28.3 Å². The van der Waals surface area contributed by atoms with Gasteiger partial charge < -0.3 is 9.84 Å². The molecule has 1 amide bonds. The van der Waals surface area contributed by atoms with Crippen LogP contribution in [-0.4, -0.2) is 39.8 Å². The molecule has 0 bridgehead atoms. The van der Waals surface area contributed by atoms with Gasteiger partial charge in [-0.05, 0) is 73.3 Å². The molecule has 5 rings (SSSR count). The topological polar surface area (TPSA) is 88.3 Å². The number of carbonyl (C=O) groups excluding carboxylic acids is 2. The lowest BCUT2D eigenvalue weighted by molar-refractivity contribution is -0.121. The number of likely N-dealkylation sites (tertiary alicyclic amines) is 1. The van der Waals surface area contributed by atoms with Gasteiger partial charge in [0.15, 0.2) is 5.78 Å². The Kier molecular flexibility index (Phi) is 7.89. The summed E-state index contributed by atoms with van der Waals surface area (Å²) in [5, 5.41) is 7.00. The molecule has 0 radical (unpaired) electrons. The van der Waals surface area contributed by atoms with E-state index in [0.29, 0.717) is 53.5 Å². The Morgan fingerprint density at radius 3 is 2.35 bits per heavy atom. The molecule has 8 heteroatoms. The maximum absolute atomic E-state index is 13.2. The quantitative estimate of drug-likeness (QED) is 0.279. The molecule has 206 valence electrons. The molecule has 1 fully saturated rings. The number of ketones is 1. The predicted molar refractivity (Wildman–Crippen MR) is 151 cm³/mol. The molecular weight excluding hydrogens is 507 g/mol. The molecule has 0 unspecified atom stereocenters.